The molecule has 1 aliphatic heterocycles. The lowest BCUT2D eigenvalue weighted by Gasteiger charge is -2.24. The zero-order chi connectivity index (χ0) is 28.4. The Kier molecular flexibility index (Phi) is 7.96. The highest BCUT2D eigenvalue weighted by molar-refractivity contribution is 8.00. The summed E-state index contributed by atoms with van der Waals surface area (Å²) in [6, 6.07) is 15.4. The predicted molar refractivity (Wildman–Crippen MR) is 153 cm³/mol. The van der Waals surface area contributed by atoms with E-state index in [4.69, 9.17) is 10.5 Å². The number of hydrogen-bond acceptors (Lipinski definition) is 11. The Morgan fingerprint density at radius 1 is 1.07 bits per heavy atom. The van der Waals surface area contributed by atoms with E-state index in [2.05, 4.69) is 15.2 Å². The summed E-state index contributed by atoms with van der Waals surface area (Å²) in [5.41, 5.74) is 7.25. The number of amides is 2. The fourth-order valence-corrected chi connectivity index (χ4v) is 6.89. The maximum atomic E-state index is 13.8. The van der Waals surface area contributed by atoms with Gasteiger partial charge in [0, 0.05) is 5.75 Å². The van der Waals surface area contributed by atoms with Gasteiger partial charge >= 0.3 is 0 Å². The van der Waals surface area contributed by atoms with E-state index in [-0.39, 0.29) is 17.3 Å². The molecule has 40 heavy (non-hydrogen) atoms. The molecule has 1 aliphatic rings. The minimum atomic E-state index is -0.980. The van der Waals surface area contributed by atoms with Crippen molar-refractivity contribution < 1.29 is 24.2 Å². The number of Topliss-reactive ketones (excluding diaryl/α,β-unsaturated/α-hetero) is 1. The van der Waals surface area contributed by atoms with Gasteiger partial charge in [-0.15, -0.1) is 21.5 Å². The maximum absolute atomic E-state index is 13.8. The summed E-state index contributed by atoms with van der Waals surface area (Å²) in [7, 11) is 0. The number of aryl methyl sites for hydroxylation is 2. The number of ketones is 1. The molecule has 3 N–H and O–H groups in total. The smallest absolute Gasteiger partial charge is 0.296 e. The number of aliphatic hydroxyl groups is 1. The first-order valence-corrected chi connectivity index (χ1v) is 14.6. The third kappa shape index (κ3) is 5.62. The van der Waals surface area contributed by atoms with Crippen molar-refractivity contribution in [3.8, 4) is 5.75 Å². The Morgan fingerprint density at radius 3 is 2.45 bits per heavy atom. The Balaban J connectivity index is 1.50. The second-order valence-corrected chi connectivity index (χ2v) is 12.1. The number of primary amides is 1. The number of aromatic nitrogens is 3. The quantitative estimate of drug-likeness (QED) is 0.153. The fourth-order valence-electron chi connectivity index (χ4n) is 4.19. The molecule has 3 heterocycles. The van der Waals surface area contributed by atoms with Crippen LogP contribution >= 0.6 is 34.4 Å². The topological polar surface area (TPSA) is 149 Å². The third-order valence-electron chi connectivity index (χ3n) is 5.95. The van der Waals surface area contributed by atoms with E-state index in [0.717, 1.165) is 5.56 Å². The number of carbonyl (C=O) groups is 3. The lowest BCUT2D eigenvalue weighted by atomic mass is 9.95. The van der Waals surface area contributed by atoms with E-state index in [1.807, 2.05) is 30.3 Å². The molecular formula is C27H23N5O5S3. The van der Waals surface area contributed by atoms with Crippen LogP contribution in [0.25, 0.3) is 0 Å². The lowest BCUT2D eigenvalue weighted by Crippen LogP contribution is -2.31. The van der Waals surface area contributed by atoms with Gasteiger partial charge in [-0.1, -0.05) is 65.6 Å². The molecule has 0 saturated carbocycles. The van der Waals surface area contributed by atoms with Crippen LogP contribution in [0.5, 0.6) is 5.75 Å². The highest BCUT2D eigenvalue weighted by atomic mass is 32.2. The second-order valence-electron chi connectivity index (χ2n) is 8.77. The monoisotopic (exact) mass is 593 g/mol. The molecule has 204 valence electrons. The molecule has 4 aromatic rings. The number of thiazole rings is 1. The van der Waals surface area contributed by atoms with Crippen molar-refractivity contribution in [1.82, 2.24) is 15.2 Å². The van der Waals surface area contributed by atoms with Crippen molar-refractivity contribution >= 4 is 57.2 Å². The molecule has 1 unspecified atom stereocenters. The molecule has 1 atom stereocenters. The maximum Gasteiger partial charge on any atom is 0.296 e. The average Bonchev–Trinajstić information content (AvgIpc) is 3.62. The number of ether oxygens (including phenoxy) is 1. The highest BCUT2D eigenvalue weighted by Gasteiger charge is 2.46. The van der Waals surface area contributed by atoms with Gasteiger partial charge in [-0.05, 0) is 37.1 Å². The molecule has 0 aliphatic carbocycles. The summed E-state index contributed by atoms with van der Waals surface area (Å²) in [6.07, 6.45) is 0. The minimum absolute atomic E-state index is 0.0729. The molecule has 5 rings (SSSR count). The molecule has 13 heteroatoms. The zero-order valence-electron chi connectivity index (χ0n) is 21.4. The predicted octanol–water partition coefficient (Wildman–Crippen LogP) is 4.55. The Hall–Kier alpha value is -4.07. The van der Waals surface area contributed by atoms with Gasteiger partial charge in [0.05, 0.1) is 27.2 Å². The van der Waals surface area contributed by atoms with Crippen molar-refractivity contribution in [2.24, 2.45) is 5.73 Å². The number of thioether (sulfide) groups is 1. The van der Waals surface area contributed by atoms with Crippen LogP contribution in [-0.4, -0.2) is 44.5 Å². The highest BCUT2D eigenvalue weighted by Crippen LogP contribution is 2.44. The van der Waals surface area contributed by atoms with Gasteiger partial charge < -0.3 is 15.6 Å². The molecule has 2 aromatic heterocycles. The van der Waals surface area contributed by atoms with Crippen LogP contribution < -0.4 is 15.4 Å². The first-order valence-electron chi connectivity index (χ1n) is 12.0. The summed E-state index contributed by atoms with van der Waals surface area (Å²) in [4.78, 5) is 44.3. The van der Waals surface area contributed by atoms with E-state index in [9.17, 15) is 19.5 Å². The van der Waals surface area contributed by atoms with Crippen molar-refractivity contribution in [2.75, 3.05) is 11.5 Å². The van der Waals surface area contributed by atoms with Crippen molar-refractivity contribution in [1.29, 1.82) is 0 Å². The molecule has 0 saturated heterocycles. The third-order valence-corrected chi connectivity index (χ3v) is 9.15. The van der Waals surface area contributed by atoms with Crippen LogP contribution in [0.3, 0.4) is 0 Å². The van der Waals surface area contributed by atoms with E-state index in [1.165, 1.54) is 39.3 Å². The molecule has 2 aromatic carbocycles. The molecule has 2 amide bonds. The molecule has 0 fully saturated rings. The summed E-state index contributed by atoms with van der Waals surface area (Å²) in [6.45, 7) is 3.20. The Labute approximate surface area is 241 Å². The van der Waals surface area contributed by atoms with Crippen LogP contribution in [0, 0.1) is 13.8 Å². The summed E-state index contributed by atoms with van der Waals surface area (Å²) in [5.74, 6) is -1.47. The molecule has 0 bridgehead atoms. The molecule has 0 spiro atoms. The first-order chi connectivity index (χ1) is 19.2. The number of nitrogens with two attached hydrogens (primary N) is 1. The van der Waals surface area contributed by atoms with Gasteiger partial charge in [0.25, 0.3) is 11.8 Å². The summed E-state index contributed by atoms with van der Waals surface area (Å²) < 4.78 is 5.99. The number of rotatable bonds is 10. The van der Waals surface area contributed by atoms with Gasteiger partial charge in [-0.3, -0.25) is 19.3 Å². The Bertz CT molecular complexity index is 1610. The van der Waals surface area contributed by atoms with Gasteiger partial charge in [0.2, 0.25) is 10.9 Å². The van der Waals surface area contributed by atoms with Crippen LogP contribution in [0.1, 0.15) is 37.5 Å². The number of nitrogens with zero attached hydrogens (tertiary/aromatic N) is 4. The van der Waals surface area contributed by atoms with Gasteiger partial charge in [0.1, 0.15) is 5.75 Å². The number of aliphatic hydroxyl groups excluding tert-OH is 1. The Morgan fingerprint density at radius 2 is 1.80 bits per heavy atom. The average molecular weight is 594 g/mol. The zero-order valence-corrected chi connectivity index (χ0v) is 23.8. The van der Waals surface area contributed by atoms with Gasteiger partial charge in [-0.25, -0.2) is 4.98 Å². The fraction of sp³-hybridized carbons (Fsp3) is 0.185. The van der Waals surface area contributed by atoms with Crippen molar-refractivity contribution in [3.05, 3.63) is 92.6 Å². The summed E-state index contributed by atoms with van der Waals surface area (Å²) in [5, 5.41) is 20.5. The normalized spacial score (nSPS) is 15.1. The molecule has 0 radical (unpaired) electrons. The number of anilines is 1. The van der Waals surface area contributed by atoms with Crippen LogP contribution in [0.15, 0.2) is 70.3 Å². The number of carbonyl (C=O) groups excluding carboxylic acids is 3. The van der Waals surface area contributed by atoms with E-state index < -0.39 is 29.4 Å². The van der Waals surface area contributed by atoms with Gasteiger partial charge in [0.15, 0.2) is 16.7 Å². The van der Waals surface area contributed by atoms with Crippen molar-refractivity contribution in [3.63, 3.8) is 0 Å². The standard InChI is InChI=1S/C27H23N5O5S3/c1-14-24(39-15(2)29-14)22(34)20-21(17-8-10-18(11-9-17)37-12-19(28)33)32(25(36)23(20)35)26-30-31-27(40-26)38-13-16-6-4-3-5-7-16/h3-11,21,35H,12-13H2,1-2H3,(H2,28,33). The van der Waals surface area contributed by atoms with E-state index >= 15 is 0 Å². The second kappa shape index (κ2) is 11.6. The van der Waals surface area contributed by atoms with Crippen LogP contribution in [0.2, 0.25) is 0 Å². The van der Waals surface area contributed by atoms with E-state index in [0.29, 0.717) is 37.0 Å². The van der Waals surface area contributed by atoms with Crippen LogP contribution in [-0.2, 0) is 15.3 Å². The minimum Gasteiger partial charge on any atom is -0.503 e. The SMILES string of the molecule is Cc1nc(C)c(C(=O)C2=C(O)C(=O)N(c3nnc(SCc4ccccc4)s3)C2c2ccc(OCC(N)=O)cc2)s1. The number of benzene rings is 2. The van der Waals surface area contributed by atoms with Crippen LogP contribution in [0.4, 0.5) is 5.13 Å². The van der Waals surface area contributed by atoms with Gasteiger partial charge in [-0.2, -0.15) is 0 Å². The van der Waals surface area contributed by atoms with Crippen molar-refractivity contribution in [2.45, 2.75) is 30.0 Å². The summed E-state index contributed by atoms with van der Waals surface area (Å²) >= 11 is 3.87. The molecule has 10 nitrogen and oxygen atoms in total. The number of hydrogen-bond donors (Lipinski definition) is 2. The largest absolute Gasteiger partial charge is 0.503 e. The first kappa shape index (κ1) is 27.5. The lowest BCUT2D eigenvalue weighted by molar-refractivity contribution is -0.120. The molecular weight excluding hydrogens is 571 g/mol. The van der Waals surface area contributed by atoms with E-state index in [1.54, 1.807) is 38.1 Å².